The predicted molar refractivity (Wildman–Crippen MR) is 76.6 cm³/mol. The Kier molecular flexibility index (Phi) is 4.42. The summed E-state index contributed by atoms with van der Waals surface area (Å²) in [5, 5.41) is 0.571. The van der Waals surface area contributed by atoms with Gasteiger partial charge in [0.15, 0.2) is 0 Å². The van der Waals surface area contributed by atoms with E-state index in [2.05, 4.69) is 4.72 Å². The lowest BCUT2D eigenvalue weighted by Crippen LogP contribution is -2.24. The van der Waals surface area contributed by atoms with Crippen LogP contribution >= 0.6 is 11.6 Å². The minimum atomic E-state index is -3.88. The first-order valence-electron chi connectivity index (χ1n) is 5.89. The van der Waals surface area contributed by atoms with Gasteiger partial charge in [-0.25, -0.2) is 17.5 Å². The van der Waals surface area contributed by atoms with Crippen LogP contribution in [-0.4, -0.2) is 8.42 Å². The molecule has 1 N–H and O–H groups in total. The minimum absolute atomic E-state index is 0.0763. The van der Waals surface area contributed by atoms with Crippen molar-refractivity contribution in [2.24, 2.45) is 0 Å². The normalized spacial score (nSPS) is 11.6. The number of sulfonamides is 1. The van der Waals surface area contributed by atoms with Crippen molar-refractivity contribution in [1.29, 1.82) is 0 Å². The van der Waals surface area contributed by atoms with Crippen LogP contribution < -0.4 is 4.72 Å². The van der Waals surface area contributed by atoms with Crippen LogP contribution in [0, 0.1) is 12.7 Å². The second-order valence-corrected chi connectivity index (χ2v) is 6.56. The van der Waals surface area contributed by atoms with Crippen LogP contribution in [-0.2, 0) is 16.6 Å². The zero-order valence-electron chi connectivity index (χ0n) is 10.7. The molecule has 20 heavy (non-hydrogen) atoms. The minimum Gasteiger partial charge on any atom is -0.207 e. The molecule has 0 spiro atoms. The van der Waals surface area contributed by atoms with Crippen LogP contribution in [0.4, 0.5) is 4.39 Å². The first-order valence-corrected chi connectivity index (χ1v) is 7.75. The van der Waals surface area contributed by atoms with Crippen LogP contribution in [0.5, 0.6) is 0 Å². The largest absolute Gasteiger partial charge is 0.243 e. The lowest BCUT2D eigenvalue weighted by atomic mass is 10.2. The quantitative estimate of drug-likeness (QED) is 0.941. The molecule has 0 aliphatic heterocycles. The Morgan fingerprint density at radius 1 is 1.15 bits per heavy atom. The van der Waals surface area contributed by atoms with Crippen molar-refractivity contribution < 1.29 is 12.8 Å². The standard InChI is InChI=1S/C14H13ClFNO2S/c1-10-2-7-13(16)14(8-10)20(18,19)17-9-11-3-5-12(15)6-4-11/h2-8,17H,9H2,1H3. The molecule has 0 saturated carbocycles. The highest BCUT2D eigenvalue weighted by atomic mass is 35.5. The van der Waals surface area contributed by atoms with Crippen molar-refractivity contribution in [1.82, 2.24) is 4.72 Å². The van der Waals surface area contributed by atoms with Crippen molar-refractivity contribution >= 4 is 21.6 Å². The molecule has 0 fully saturated rings. The summed E-state index contributed by atoms with van der Waals surface area (Å²) in [5.74, 6) is -0.765. The van der Waals surface area contributed by atoms with Gasteiger partial charge in [0.25, 0.3) is 0 Å². The molecule has 0 bridgehead atoms. The summed E-state index contributed by atoms with van der Waals surface area (Å²) in [6, 6.07) is 10.7. The molecule has 106 valence electrons. The van der Waals surface area contributed by atoms with E-state index in [1.807, 2.05) is 0 Å². The van der Waals surface area contributed by atoms with E-state index in [0.717, 1.165) is 11.6 Å². The molecule has 2 aromatic carbocycles. The van der Waals surface area contributed by atoms with Crippen LogP contribution in [0.3, 0.4) is 0 Å². The molecular weight excluding hydrogens is 301 g/mol. The van der Waals surface area contributed by atoms with E-state index < -0.39 is 15.8 Å². The molecule has 0 aromatic heterocycles. The molecule has 6 heteroatoms. The van der Waals surface area contributed by atoms with Crippen LogP contribution in [0.1, 0.15) is 11.1 Å². The molecule has 0 aliphatic carbocycles. The Labute approximate surface area is 122 Å². The first kappa shape index (κ1) is 15.0. The van der Waals surface area contributed by atoms with Crippen LogP contribution in [0.15, 0.2) is 47.4 Å². The molecule has 0 amide bonds. The first-order chi connectivity index (χ1) is 9.38. The maximum atomic E-state index is 13.6. The highest BCUT2D eigenvalue weighted by Gasteiger charge is 2.18. The van der Waals surface area contributed by atoms with E-state index >= 15 is 0 Å². The number of hydrogen-bond donors (Lipinski definition) is 1. The van der Waals surface area contributed by atoms with Crippen molar-refractivity contribution in [3.63, 3.8) is 0 Å². The fourth-order valence-electron chi connectivity index (χ4n) is 1.67. The molecule has 0 saturated heterocycles. The summed E-state index contributed by atoms with van der Waals surface area (Å²) in [6.45, 7) is 1.78. The van der Waals surface area contributed by atoms with E-state index in [-0.39, 0.29) is 11.4 Å². The zero-order chi connectivity index (χ0) is 14.8. The van der Waals surface area contributed by atoms with E-state index in [1.54, 1.807) is 31.2 Å². The van der Waals surface area contributed by atoms with Crippen molar-refractivity contribution in [2.45, 2.75) is 18.4 Å². The van der Waals surface area contributed by atoms with Gasteiger partial charge in [0.05, 0.1) is 0 Å². The van der Waals surface area contributed by atoms with E-state index in [9.17, 15) is 12.8 Å². The van der Waals surface area contributed by atoms with Gasteiger partial charge in [-0.15, -0.1) is 0 Å². The second kappa shape index (κ2) is 5.91. The highest BCUT2D eigenvalue weighted by Crippen LogP contribution is 2.16. The average molecular weight is 314 g/mol. The molecule has 0 aliphatic rings. The Morgan fingerprint density at radius 3 is 2.45 bits per heavy atom. The molecule has 0 heterocycles. The third kappa shape index (κ3) is 3.56. The van der Waals surface area contributed by atoms with Gasteiger partial charge in [0.1, 0.15) is 10.7 Å². The lowest BCUT2D eigenvalue weighted by molar-refractivity contribution is 0.556. The summed E-state index contributed by atoms with van der Waals surface area (Å²) >= 11 is 5.75. The molecule has 3 nitrogen and oxygen atoms in total. The summed E-state index contributed by atoms with van der Waals surface area (Å²) in [4.78, 5) is -0.341. The van der Waals surface area contributed by atoms with E-state index in [4.69, 9.17) is 11.6 Å². The number of hydrogen-bond acceptors (Lipinski definition) is 2. The number of benzene rings is 2. The van der Waals surface area contributed by atoms with Gasteiger partial charge < -0.3 is 0 Å². The van der Waals surface area contributed by atoms with Crippen LogP contribution in [0.25, 0.3) is 0 Å². The fourth-order valence-corrected chi connectivity index (χ4v) is 2.98. The molecule has 0 atom stereocenters. The number of aryl methyl sites for hydroxylation is 1. The SMILES string of the molecule is Cc1ccc(F)c(S(=O)(=O)NCc2ccc(Cl)cc2)c1. The molecule has 2 rings (SSSR count). The second-order valence-electron chi connectivity index (χ2n) is 4.38. The van der Waals surface area contributed by atoms with Gasteiger partial charge in [-0.3, -0.25) is 0 Å². The summed E-state index contributed by atoms with van der Waals surface area (Å²) in [5.41, 5.74) is 1.42. The average Bonchev–Trinajstić information content (AvgIpc) is 2.41. The van der Waals surface area contributed by atoms with Gasteiger partial charge in [0.2, 0.25) is 10.0 Å². The zero-order valence-corrected chi connectivity index (χ0v) is 12.3. The Hall–Kier alpha value is -1.43. The third-order valence-corrected chi connectivity index (χ3v) is 4.42. The smallest absolute Gasteiger partial charge is 0.207 e. The van der Waals surface area contributed by atoms with E-state index in [1.165, 1.54) is 12.1 Å². The van der Waals surface area contributed by atoms with Gasteiger partial charge >= 0.3 is 0 Å². The highest BCUT2D eigenvalue weighted by molar-refractivity contribution is 7.89. The van der Waals surface area contributed by atoms with E-state index in [0.29, 0.717) is 10.6 Å². The fraction of sp³-hybridized carbons (Fsp3) is 0.143. The van der Waals surface area contributed by atoms with Crippen molar-refractivity contribution in [2.75, 3.05) is 0 Å². The van der Waals surface area contributed by atoms with Gasteiger partial charge in [0, 0.05) is 11.6 Å². The maximum Gasteiger partial charge on any atom is 0.243 e. The number of rotatable bonds is 4. The van der Waals surface area contributed by atoms with Crippen molar-refractivity contribution in [3.8, 4) is 0 Å². The van der Waals surface area contributed by atoms with Gasteiger partial charge in [-0.1, -0.05) is 29.8 Å². The van der Waals surface area contributed by atoms with Gasteiger partial charge in [-0.2, -0.15) is 0 Å². The molecule has 0 radical (unpaired) electrons. The Balaban J connectivity index is 2.19. The molecular formula is C14H13ClFNO2S. The van der Waals surface area contributed by atoms with Crippen molar-refractivity contribution in [3.05, 3.63) is 64.4 Å². The summed E-state index contributed by atoms with van der Waals surface area (Å²) in [7, 11) is -3.88. The summed E-state index contributed by atoms with van der Waals surface area (Å²) in [6.07, 6.45) is 0. The maximum absolute atomic E-state index is 13.6. The Bertz CT molecular complexity index is 714. The topological polar surface area (TPSA) is 46.2 Å². The predicted octanol–water partition coefficient (Wildman–Crippen LogP) is 3.27. The number of nitrogens with one attached hydrogen (secondary N) is 1. The van der Waals surface area contributed by atoms with Gasteiger partial charge in [-0.05, 0) is 42.3 Å². The summed E-state index contributed by atoms with van der Waals surface area (Å²) < 4.78 is 40.1. The van der Waals surface area contributed by atoms with Crippen LogP contribution in [0.2, 0.25) is 5.02 Å². The Morgan fingerprint density at radius 2 is 1.80 bits per heavy atom. The monoisotopic (exact) mass is 313 g/mol. The third-order valence-electron chi connectivity index (χ3n) is 2.76. The molecule has 2 aromatic rings. The lowest BCUT2D eigenvalue weighted by Gasteiger charge is -2.08. The molecule has 0 unspecified atom stereocenters. The number of halogens is 2.